The van der Waals surface area contributed by atoms with E-state index in [9.17, 15) is 9.59 Å². The summed E-state index contributed by atoms with van der Waals surface area (Å²) in [6.45, 7) is 6.32. The van der Waals surface area contributed by atoms with Crippen LogP contribution in [0.25, 0.3) is 11.4 Å². The first-order valence-electron chi connectivity index (χ1n) is 11.0. The molecule has 1 atom stereocenters. The fraction of sp³-hybridized carbons (Fsp3) is 0.545. The van der Waals surface area contributed by atoms with E-state index in [2.05, 4.69) is 15.0 Å². The number of benzene rings is 1. The molecular formula is C22H28ClN5O4. The number of likely N-dealkylation sites (tertiary alicyclic amines) is 1. The van der Waals surface area contributed by atoms with Crippen molar-refractivity contribution in [2.24, 2.45) is 5.92 Å². The molecule has 9 nitrogen and oxygen atoms in total. The Morgan fingerprint density at radius 1 is 1.12 bits per heavy atom. The molecule has 0 saturated carbocycles. The van der Waals surface area contributed by atoms with Crippen LogP contribution in [0.2, 0.25) is 5.02 Å². The first-order chi connectivity index (χ1) is 15.5. The molecular weight excluding hydrogens is 434 g/mol. The van der Waals surface area contributed by atoms with E-state index in [4.69, 9.17) is 20.9 Å². The molecule has 0 aliphatic carbocycles. The zero-order valence-electron chi connectivity index (χ0n) is 18.2. The van der Waals surface area contributed by atoms with Crippen molar-refractivity contribution in [2.45, 2.75) is 26.3 Å². The number of amides is 2. The van der Waals surface area contributed by atoms with Gasteiger partial charge in [0.05, 0.1) is 19.1 Å². The number of carbonyl (C=O) groups is 2. The molecule has 2 aromatic rings. The van der Waals surface area contributed by atoms with E-state index >= 15 is 0 Å². The van der Waals surface area contributed by atoms with Crippen molar-refractivity contribution in [1.29, 1.82) is 0 Å². The van der Waals surface area contributed by atoms with Crippen LogP contribution < -0.4 is 0 Å². The van der Waals surface area contributed by atoms with Crippen LogP contribution in [-0.2, 0) is 16.1 Å². The van der Waals surface area contributed by atoms with Gasteiger partial charge in [0.1, 0.15) is 0 Å². The van der Waals surface area contributed by atoms with Gasteiger partial charge in [-0.25, -0.2) is 4.79 Å². The van der Waals surface area contributed by atoms with Crippen molar-refractivity contribution in [3.8, 4) is 11.4 Å². The quantitative estimate of drug-likeness (QED) is 0.675. The third kappa shape index (κ3) is 5.39. The van der Waals surface area contributed by atoms with Crippen molar-refractivity contribution in [1.82, 2.24) is 24.8 Å². The highest BCUT2D eigenvalue weighted by molar-refractivity contribution is 6.30. The van der Waals surface area contributed by atoms with Gasteiger partial charge in [-0.2, -0.15) is 4.98 Å². The first kappa shape index (κ1) is 22.5. The Morgan fingerprint density at radius 3 is 2.56 bits per heavy atom. The number of piperazine rings is 1. The minimum atomic E-state index is -0.305. The molecule has 2 fully saturated rings. The summed E-state index contributed by atoms with van der Waals surface area (Å²) >= 11 is 5.94. The predicted molar refractivity (Wildman–Crippen MR) is 118 cm³/mol. The van der Waals surface area contributed by atoms with Crippen LogP contribution in [0.1, 0.15) is 25.7 Å². The molecule has 0 bridgehead atoms. The van der Waals surface area contributed by atoms with Gasteiger partial charge >= 0.3 is 6.09 Å². The normalized spacial score (nSPS) is 19.8. The van der Waals surface area contributed by atoms with Gasteiger partial charge in [-0.15, -0.1) is 0 Å². The second-order valence-electron chi connectivity index (χ2n) is 8.10. The number of aromatic nitrogens is 2. The third-order valence-corrected chi connectivity index (χ3v) is 6.15. The second-order valence-corrected chi connectivity index (χ2v) is 8.54. The van der Waals surface area contributed by atoms with E-state index in [1.54, 1.807) is 24.0 Å². The zero-order chi connectivity index (χ0) is 22.5. The highest BCUT2D eigenvalue weighted by Gasteiger charge is 2.32. The van der Waals surface area contributed by atoms with Crippen LogP contribution in [0.4, 0.5) is 4.79 Å². The van der Waals surface area contributed by atoms with Crippen molar-refractivity contribution in [3.63, 3.8) is 0 Å². The van der Waals surface area contributed by atoms with Crippen LogP contribution in [0.5, 0.6) is 0 Å². The SMILES string of the molecule is CCOC(=O)N1CCN(C(=O)C2CCCN(Cc3nc(-c4ccc(Cl)cc4)no3)C2)CC1. The maximum atomic E-state index is 13.1. The summed E-state index contributed by atoms with van der Waals surface area (Å²) in [5.74, 6) is 1.16. The summed E-state index contributed by atoms with van der Waals surface area (Å²) in [5.41, 5.74) is 0.845. The monoisotopic (exact) mass is 461 g/mol. The fourth-order valence-electron chi connectivity index (χ4n) is 4.21. The lowest BCUT2D eigenvalue weighted by atomic mass is 9.96. The molecule has 3 heterocycles. The number of halogens is 1. The van der Waals surface area contributed by atoms with Gasteiger partial charge in [0.15, 0.2) is 0 Å². The Labute approximate surface area is 192 Å². The number of nitrogens with zero attached hydrogens (tertiary/aromatic N) is 5. The molecule has 0 radical (unpaired) electrons. The highest BCUT2D eigenvalue weighted by Crippen LogP contribution is 2.23. The maximum Gasteiger partial charge on any atom is 0.409 e. The molecule has 0 N–H and O–H groups in total. The van der Waals surface area contributed by atoms with Gasteiger partial charge in [-0.3, -0.25) is 9.69 Å². The Balaban J connectivity index is 1.30. The number of piperidine rings is 1. The maximum absolute atomic E-state index is 13.1. The predicted octanol–water partition coefficient (Wildman–Crippen LogP) is 2.90. The van der Waals surface area contributed by atoms with Crippen LogP contribution >= 0.6 is 11.6 Å². The molecule has 1 unspecified atom stereocenters. The van der Waals surface area contributed by atoms with Crippen LogP contribution in [-0.4, -0.2) is 82.7 Å². The van der Waals surface area contributed by atoms with Gasteiger partial charge in [0.2, 0.25) is 17.6 Å². The summed E-state index contributed by atoms with van der Waals surface area (Å²) in [6.07, 6.45) is 1.51. The average molecular weight is 462 g/mol. The van der Waals surface area contributed by atoms with E-state index < -0.39 is 0 Å². The topological polar surface area (TPSA) is 92.0 Å². The molecule has 10 heteroatoms. The number of hydrogen-bond donors (Lipinski definition) is 0. The van der Waals surface area contributed by atoms with Crippen LogP contribution in [0, 0.1) is 5.92 Å². The summed E-state index contributed by atoms with van der Waals surface area (Å²) in [7, 11) is 0. The number of rotatable bonds is 5. The Morgan fingerprint density at radius 2 is 1.84 bits per heavy atom. The van der Waals surface area contributed by atoms with Gasteiger partial charge in [-0.1, -0.05) is 16.8 Å². The Hall–Kier alpha value is -2.65. The Kier molecular flexibility index (Phi) is 7.26. The largest absolute Gasteiger partial charge is 0.450 e. The lowest BCUT2D eigenvalue weighted by Gasteiger charge is -2.38. The van der Waals surface area contributed by atoms with E-state index in [0.717, 1.165) is 24.9 Å². The molecule has 4 rings (SSSR count). The molecule has 1 aromatic heterocycles. The minimum absolute atomic E-state index is 0.0587. The van der Waals surface area contributed by atoms with Crippen molar-refractivity contribution in [2.75, 3.05) is 45.9 Å². The smallest absolute Gasteiger partial charge is 0.409 e. The van der Waals surface area contributed by atoms with E-state index in [0.29, 0.717) is 62.6 Å². The molecule has 172 valence electrons. The number of carbonyl (C=O) groups excluding carboxylic acids is 2. The summed E-state index contributed by atoms with van der Waals surface area (Å²) in [4.78, 5) is 35.2. The zero-order valence-corrected chi connectivity index (χ0v) is 19.0. The standard InChI is InChI=1S/C22H28ClN5O4/c1-2-31-22(30)28-12-10-27(11-13-28)21(29)17-4-3-9-26(14-17)15-19-24-20(25-32-19)16-5-7-18(23)8-6-16/h5-8,17H,2-4,9-15H2,1H3. The van der Waals surface area contributed by atoms with E-state index in [-0.39, 0.29) is 17.9 Å². The second kappa shape index (κ2) is 10.3. The van der Waals surface area contributed by atoms with Gasteiger partial charge in [-0.05, 0) is 50.6 Å². The lowest BCUT2D eigenvalue weighted by molar-refractivity contribution is -0.139. The van der Waals surface area contributed by atoms with Crippen LogP contribution in [0.3, 0.4) is 0 Å². The molecule has 1 aromatic carbocycles. The van der Waals surface area contributed by atoms with Crippen LogP contribution in [0.15, 0.2) is 28.8 Å². The molecule has 2 amide bonds. The average Bonchev–Trinajstić information content (AvgIpc) is 3.28. The van der Waals surface area contributed by atoms with E-state index in [1.807, 2.05) is 17.0 Å². The van der Waals surface area contributed by atoms with E-state index in [1.165, 1.54) is 0 Å². The lowest BCUT2D eigenvalue weighted by Crippen LogP contribution is -2.53. The highest BCUT2D eigenvalue weighted by atomic mass is 35.5. The van der Waals surface area contributed by atoms with Gasteiger partial charge in [0.25, 0.3) is 0 Å². The van der Waals surface area contributed by atoms with Crippen molar-refractivity contribution >= 4 is 23.6 Å². The molecule has 2 saturated heterocycles. The molecule has 2 aliphatic heterocycles. The third-order valence-electron chi connectivity index (χ3n) is 5.90. The van der Waals surface area contributed by atoms with Crippen molar-refractivity contribution < 1.29 is 18.8 Å². The van der Waals surface area contributed by atoms with Gasteiger partial charge < -0.3 is 19.1 Å². The van der Waals surface area contributed by atoms with Gasteiger partial charge in [0, 0.05) is 43.3 Å². The van der Waals surface area contributed by atoms with Crippen molar-refractivity contribution in [3.05, 3.63) is 35.2 Å². The number of ether oxygens (including phenoxy) is 1. The summed E-state index contributed by atoms with van der Waals surface area (Å²) in [6, 6.07) is 7.29. The molecule has 0 spiro atoms. The first-order valence-corrected chi connectivity index (χ1v) is 11.4. The summed E-state index contributed by atoms with van der Waals surface area (Å²) < 4.78 is 10.5. The summed E-state index contributed by atoms with van der Waals surface area (Å²) in [5, 5.41) is 4.73. The Bertz CT molecular complexity index is 927. The minimum Gasteiger partial charge on any atom is -0.450 e. The molecule has 32 heavy (non-hydrogen) atoms. The molecule has 2 aliphatic rings. The fourth-order valence-corrected chi connectivity index (χ4v) is 4.34. The number of hydrogen-bond acceptors (Lipinski definition) is 7.